The average molecular weight is 482 g/mol. The summed E-state index contributed by atoms with van der Waals surface area (Å²) in [5, 5.41) is 0.990. The second-order valence-corrected chi connectivity index (χ2v) is 12.7. The maximum atomic E-state index is 5.78. The van der Waals surface area contributed by atoms with Crippen molar-refractivity contribution in [3.63, 3.8) is 0 Å². The first-order chi connectivity index (χ1) is 7.74. The molecule has 0 amide bonds. The van der Waals surface area contributed by atoms with Crippen molar-refractivity contribution in [1.29, 1.82) is 0 Å². The van der Waals surface area contributed by atoms with Crippen LogP contribution in [0.4, 0.5) is 0 Å². The van der Waals surface area contributed by atoms with E-state index < -0.39 is 34.1 Å². The molecule has 0 saturated heterocycles. The zero-order chi connectivity index (χ0) is 11.4. The van der Waals surface area contributed by atoms with E-state index in [1.54, 1.807) is 24.5 Å². The number of halogens is 2. The summed E-state index contributed by atoms with van der Waals surface area (Å²) in [5.74, 6) is 0. The van der Waals surface area contributed by atoms with E-state index in [0.717, 1.165) is 7.74 Å². The van der Waals surface area contributed by atoms with Crippen LogP contribution in [-0.2, 0) is 0 Å². The van der Waals surface area contributed by atoms with Crippen LogP contribution in [0.5, 0.6) is 0 Å². The summed E-state index contributed by atoms with van der Waals surface area (Å²) >= 11 is 10.7. The summed E-state index contributed by atoms with van der Waals surface area (Å²) in [6.45, 7) is 0. The topological polar surface area (TPSA) is 51.6 Å². The van der Waals surface area contributed by atoms with Crippen LogP contribution >= 0.6 is 23.2 Å². The monoisotopic (exact) mass is 486 g/mol. The Morgan fingerprint density at radius 2 is 1.25 bits per heavy atom. The molecule has 0 aromatic carbocycles. The molecule has 0 bridgehead atoms. The Hall–Kier alpha value is 0.319. The molecule has 2 aromatic rings. The standard InChI is InChI=1S/C8H4Cl2N4Te2/c9-5-1-3-11-7(13-5)15-16-8-12-4-2-6(10)14-8/h1-4H. The van der Waals surface area contributed by atoms with Gasteiger partial charge in [0.2, 0.25) is 0 Å². The summed E-state index contributed by atoms with van der Waals surface area (Å²) in [7, 11) is 0. The van der Waals surface area contributed by atoms with Gasteiger partial charge >= 0.3 is 120 Å². The number of rotatable bonds is 3. The van der Waals surface area contributed by atoms with Gasteiger partial charge in [-0.2, -0.15) is 0 Å². The molecule has 4 nitrogen and oxygen atoms in total. The van der Waals surface area contributed by atoms with E-state index in [4.69, 9.17) is 23.2 Å². The number of hydrogen-bond donors (Lipinski definition) is 0. The van der Waals surface area contributed by atoms with Crippen molar-refractivity contribution in [2.45, 2.75) is 0 Å². The van der Waals surface area contributed by atoms with Crippen LogP contribution in [0.25, 0.3) is 0 Å². The van der Waals surface area contributed by atoms with Crippen molar-refractivity contribution < 1.29 is 0 Å². The van der Waals surface area contributed by atoms with Crippen LogP contribution in [0.1, 0.15) is 0 Å². The summed E-state index contributed by atoms with van der Waals surface area (Å²) in [6.07, 6.45) is 3.36. The Labute approximate surface area is 119 Å². The van der Waals surface area contributed by atoms with Gasteiger partial charge in [0.05, 0.1) is 0 Å². The Kier molecular flexibility index (Phi) is 5.03. The van der Waals surface area contributed by atoms with Gasteiger partial charge in [0.25, 0.3) is 0 Å². The second kappa shape index (κ2) is 6.31. The van der Waals surface area contributed by atoms with Gasteiger partial charge in [0, 0.05) is 0 Å². The molecule has 0 atom stereocenters. The molecular weight excluding hydrogens is 478 g/mol. The fraction of sp³-hybridized carbons (Fsp3) is 0. The third-order valence-corrected chi connectivity index (χ3v) is 11.3. The molecule has 0 unspecified atom stereocenters. The minimum atomic E-state index is -0.426. The molecule has 0 fully saturated rings. The van der Waals surface area contributed by atoms with Crippen LogP contribution in [0, 0.1) is 0 Å². The normalized spacial score (nSPS) is 10.4. The minimum absolute atomic E-state index is 0.426. The predicted octanol–water partition coefficient (Wildman–Crippen LogP) is -0.152. The molecule has 0 saturated carbocycles. The molecule has 82 valence electrons. The van der Waals surface area contributed by atoms with Crippen LogP contribution in [0.3, 0.4) is 0 Å². The number of hydrogen-bond acceptors (Lipinski definition) is 4. The van der Waals surface area contributed by atoms with Gasteiger partial charge in [-0.05, 0) is 0 Å². The van der Waals surface area contributed by atoms with Crippen LogP contribution in [-0.4, -0.2) is 54.1 Å². The van der Waals surface area contributed by atoms with Gasteiger partial charge in [-0.3, -0.25) is 0 Å². The van der Waals surface area contributed by atoms with E-state index in [9.17, 15) is 0 Å². The van der Waals surface area contributed by atoms with Crippen molar-refractivity contribution in [1.82, 2.24) is 19.9 Å². The van der Waals surface area contributed by atoms with Gasteiger partial charge < -0.3 is 0 Å². The Balaban J connectivity index is 2.02. The second-order valence-electron chi connectivity index (χ2n) is 2.49. The van der Waals surface area contributed by atoms with Gasteiger partial charge in [-0.15, -0.1) is 0 Å². The number of nitrogens with zero attached hydrogens (tertiary/aromatic N) is 4. The summed E-state index contributed by atoms with van der Waals surface area (Å²) < 4.78 is 1.73. The molecule has 0 aliphatic heterocycles. The van der Waals surface area contributed by atoms with Crippen LogP contribution in [0.2, 0.25) is 10.3 Å². The molecular formula is C8H4Cl2N4Te2. The molecule has 2 rings (SSSR count). The molecule has 0 radical (unpaired) electrons. The van der Waals surface area contributed by atoms with Crippen LogP contribution < -0.4 is 7.74 Å². The molecule has 0 spiro atoms. The van der Waals surface area contributed by atoms with Crippen molar-refractivity contribution in [3.05, 3.63) is 34.8 Å². The first kappa shape index (κ1) is 12.8. The van der Waals surface area contributed by atoms with E-state index >= 15 is 0 Å². The zero-order valence-corrected chi connectivity index (χ0v) is 13.8. The third kappa shape index (κ3) is 3.96. The Bertz CT molecular complexity index is 451. The maximum absolute atomic E-state index is 5.78. The van der Waals surface area contributed by atoms with Crippen molar-refractivity contribution in [2.75, 3.05) is 0 Å². The predicted molar refractivity (Wildman–Crippen MR) is 64.9 cm³/mol. The Morgan fingerprint density at radius 1 is 0.812 bits per heavy atom. The van der Waals surface area contributed by atoms with Crippen molar-refractivity contribution in [2.24, 2.45) is 0 Å². The quantitative estimate of drug-likeness (QED) is 0.452. The van der Waals surface area contributed by atoms with Gasteiger partial charge in [-0.25, -0.2) is 0 Å². The average Bonchev–Trinajstić information content (AvgIpc) is 2.27. The molecule has 0 aliphatic rings. The van der Waals surface area contributed by atoms with E-state index in [2.05, 4.69) is 19.9 Å². The zero-order valence-electron chi connectivity index (χ0n) is 7.67. The molecule has 2 aromatic heterocycles. The fourth-order valence-electron chi connectivity index (χ4n) is 0.795. The fourth-order valence-corrected chi connectivity index (χ4v) is 9.10. The van der Waals surface area contributed by atoms with Gasteiger partial charge in [0.1, 0.15) is 0 Å². The van der Waals surface area contributed by atoms with Gasteiger partial charge in [-0.1, -0.05) is 0 Å². The molecule has 0 aliphatic carbocycles. The molecule has 8 heteroatoms. The summed E-state index contributed by atoms with van der Waals surface area (Å²) in [5.41, 5.74) is 0. The summed E-state index contributed by atoms with van der Waals surface area (Å²) in [6, 6.07) is 3.35. The molecule has 16 heavy (non-hydrogen) atoms. The molecule has 0 N–H and O–H groups in total. The summed E-state index contributed by atoms with van der Waals surface area (Å²) in [4.78, 5) is 16.7. The van der Waals surface area contributed by atoms with E-state index in [0.29, 0.717) is 10.3 Å². The SMILES string of the molecule is Clc1ccnc([Te][Te]c2nccc(Cl)n2)n1. The van der Waals surface area contributed by atoms with E-state index in [1.807, 2.05) is 0 Å². The number of aromatic nitrogens is 4. The van der Waals surface area contributed by atoms with Crippen LogP contribution in [0.15, 0.2) is 24.5 Å². The van der Waals surface area contributed by atoms with Crippen molar-refractivity contribution >= 4 is 65.1 Å². The first-order valence-electron chi connectivity index (χ1n) is 4.05. The van der Waals surface area contributed by atoms with Gasteiger partial charge in [0.15, 0.2) is 0 Å². The van der Waals surface area contributed by atoms with E-state index in [-0.39, 0.29) is 0 Å². The van der Waals surface area contributed by atoms with Crippen molar-refractivity contribution in [3.8, 4) is 0 Å². The molecule has 2 heterocycles. The Morgan fingerprint density at radius 3 is 1.62 bits per heavy atom. The third-order valence-electron chi connectivity index (χ3n) is 1.39. The van der Waals surface area contributed by atoms with E-state index in [1.165, 1.54) is 0 Å². The first-order valence-corrected chi connectivity index (χ1v) is 14.5.